The van der Waals surface area contributed by atoms with Gasteiger partial charge in [-0.3, -0.25) is 4.79 Å². The molecule has 0 unspecified atom stereocenters. The van der Waals surface area contributed by atoms with Crippen LogP contribution in [0.15, 0.2) is 24.3 Å². The number of piperazine rings is 1. The van der Waals surface area contributed by atoms with Crippen LogP contribution in [0.4, 0.5) is 0 Å². The van der Waals surface area contributed by atoms with Crippen molar-refractivity contribution in [3.05, 3.63) is 29.8 Å². The number of carbonyl (C=O) groups is 1. The average Bonchev–Trinajstić information content (AvgIpc) is 2.46. The third-order valence-corrected chi connectivity index (χ3v) is 3.50. The van der Waals surface area contributed by atoms with Crippen LogP contribution in [0.2, 0.25) is 0 Å². The molecule has 0 saturated carbocycles. The predicted molar refractivity (Wildman–Crippen MR) is 83.1 cm³/mol. The maximum Gasteiger partial charge on any atom is 0.150 e. The molecule has 0 spiro atoms. The van der Waals surface area contributed by atoms with Gasteiger partial charge in [0.2, 0.25) is 0 Å². The van der Waals surface area contributed by atoms with Gasteiger partial charge in [0.1, 0.15) is 12.0 Å². The minimum absolute atomic E-state index is 0. The molecule has 0 aromatic heterocycles. The Morgan fingerprint density at radius 2 is 1.80 bits per heavy atom. The second kappa shape index (κ2) is 8.95. The highest BCUT2D eigenvalue weighted by atomic mass is 35.5. The summed E-state index contributed by atoms with van der Waals surface area (Å²) >= 11 is 0. The molecule has 5 heteroatoms. The van der Waals surface area contributed by atoms with Gasteiger partial charge in [-0.05, 0) is 37.7 Å². The highest BCUT2D eigenvalue weighted by molar-refractivity contribution is 5.85. The molecule has 0 radical (unpaired) electrons. The molecule has 112 valence electrons. The van der Waals surface area contributed by atoms with E-state index in [4.69, 9.17) is 4.74 Å². The van der Waals surface area contributed by atoms with Crippen LogP contribution in [0.5, 0.6) is 5.75 Å². The number of hydrogen-bond donors (Lipinski definition) is 0. The van der Waals surface area contributed by atoms with Crippen LogP contribution >= 0.6 is 12.4 Å². The zero-order chi connectivity index (χ0) is 13.5. The monoisotopic (exact) mass is 298 g/mol. The molecular formula is C15H23ClN2O2. The average molecular weight is 299 g/mol. The number of rotatable bonds is 6. The topological polar surface area (TPSA) is 32.8 Å². The molecule has 4 nitrogen and oxygen atoms in total. The maximum atomic E-state index is 10.5. The summed E-state index contributed by atoms with van der Waals surface area (Å²) in [6.45, 7) is 6.46. The maximum absolute atomic E-state index is 10.5. The van der Waals surface area contributed by atoms with E-state index >= 15 is 0 Å². The first-order chi connectivity index (χ1) is 9.28. The van der Waals surface area contributed by atoms with Gasteiger partial charge in [-0.1, -0.05) is 0 Å². The lowest BCUT2D eigenvalue weighted by Crippen LogP contribution is -2.44. The lowest BCUT2D eigenvalue weighted by Gasteiger charge is -2.32. The second-order valence-electron chi connectivity index (χ2n) is 5.03. The van der Waals surface area contributed by atoms with Crippen molar-refractivity contribution in [2.45, 2.75) is 6.42 Å². The molecule has 1 saturated heterocycles. The molecule has 0 atom stereocenters. The van der Waals surface area contributed by atoms with Gasteiger partial charge < -0.3 is 14.5 Å². The summed E-state index contributed by atoms with van der Waals surface area (Å²) in [6.07, 6.45) is 1.89. The van der Waals surface area contributed by atoms with Gasteiger partial charge in [-0.2, -0.15) is 0 Å². The van der Waals surface area contributed by atoms with Gasteiger partial charge in [0.25, 0.3) is 0 Å². The second-order valence-corrected chi connectivity index (χ2v) is 5.03. The minimum Gasteiger partial charge on any atom is -0.494 e. The first-order valence-corrected chi connectivity index (χ1v) is 6.87. The van der Waals surface area contributed by atoms with E-state index in [2.05, 4.69) is 16.8 Å². The molecule has 0 aliphatic carbocycles. The minimum atomic E-state index is 0. The van der Waals surface area contributed by atoms with Crippen molar-refractivity contribution >= 4 is 18.7 Å². The van der Waals surface area contributed by atoms with Crippen LogP contribution in [-0.4, -0.2) is 62.5 Å². The number of likely N-dealkylation sites (N-methyl/N-ethyl adjacent to an activating group) is 1. The predicted octanol–water partition coefficient (Wildman–Crippen LogP) is 1.94. The Bertz CT molecular complexity index is 389. The number of benzene rings is 1. The fourth-order valence-electron chi connectivity index (χ4n) is 2.19. The molecule has 0 amide bonds. The third kappa shape index (κ3) is 5.49. The van der Waals surface area contributed by atoms with E-state index in [1.165, 1.54) is 0 Å². The Morgan fingerprint density at radius 3 is 2.40 bits per heavy atom. The molecule has 1 aromatic rings. The van der Waals surface area contributed by atoms with Crippen LogP contribution < -0.4 is 4.74 Å². The first-order valence-electron chi connectivity index (χ1n) is 6.87. The van der Waals surface area contributed by atoms with Crippen molar-refractivity contribution in [2.24, 2.45) is 0 Å². The number of nitrogens with zero attached hydrogens (tertiary/aromatic N) is 2. The fourth-order valence-corrected chi connectivity index (χ4v) is 2.19. The van der Waals surface area contributed by atoms with E-state index in [1.54, 1.807) is 12.1 Å². The van der Waals surface area contributed by atoms with E-state index in [0.29, 0.717) is 5.56 Å². The van der Waals surface area contributed by atoms with Gasteiger partial charge in [-0.25, -0.2) is 0 Å². The summed E-state index contributed by atoms with van der Waals surface area (Å²) in [4.78, 5) is 15.4. The van der Waals surface area contributed by atoms with E-state index in [-0.39, 0.29) is 12.4 Å². The number of hydrogen-bond acceptors (Lipinski definition) is 4. The third-order valence-electron chi connectivity index (χ3n) is 3.50. The van der Waals surface area contributed by atoms with Crippen LogP contribution in [0.25, 0.3) is 0 Å². The zero-order valence-corrected chi connectivity index (χ0v) is 12.8. The van der Waals surface area contributed by atoms with Crippen molar-refractivity contribution in [3.63, 3.8) is 0 Å². The van der Waals surface area contributed by atoms with Gasteiger partial charge in [0.15, 0.2) is 0 Å². The van der Waals surface area contributed by atoms with Gasteiger partial charge in [0, 0.05) is 38.3 Å². The van der Waals surface area contributed by atoms with E-state index in [0.717, 1.165) is 57.8 Å². The van der Waals surface area contributed by atoms with Crippen LogP contribution in [0.3, 0.4) is 0 Å². The van der Waals surface area contributed by atoms with Gasteiger partial charge in [-0.15, -0.1) is 12.4 Å². The van der Waals surface area contributed by atoms with Crippen molar-refractivity contribution in [1.82, 2.24) is 9.80 Å². The number of aldehydes is 1. The molecule has 2 rings (SSSR count). The largest absolute Gasteiger partial charge is 0.494 e. The molecule has 0 N–H and O–H groups in total. The molecule has 1 fully saturated rings. The van der Waals surface area contributed by atoms with E-state index < -0.39 is 0 Å². The van der Waals surface area contributed by atoms with Crippen molar-refractivity contribution in [1.29, 1.82) is 0 Å². The summed E-state index contributed by atoms with van der Waals surface area (Å²) in [5, 5.41) is 0. The molecule has 1 aromatic carbocycles. The highest BCUT2D eigenvalue weighted by Crippen LogP contribution is 2.11. The van der Waals surface area contributed by atoms with Crippen molar-refractivity contribution in [2.75, 3.05) is 46.4 Å². The van der Waals surface area contributed by atoms with Crippen molar-refractivity contribution < 1.29 is 9.53 Å². The fraction of sp³-hybridized carbons (Fsp3) is 0.533. The summed E-state index contributed by atoms with van der Waals surface area (Å²) in [5.41, 5.74) is 0.685. The summed E-state index contributed by atoms with van der Waals surface area (Å²) < 4.78 is 5.66. The Hall–Kier alpha value is -1.10. The summed E-state index contributed by atoms with van der Waals surface area (Å²) in [6, 6.07) is 7.25. The highest BCUT2D eigenvalue weighted by Gasteiger charge is 2.12. The molecule has 1 aliphatic heterocycles. The summed E-state index contributed by atoms with van der Waals surface area (Å²) in [7, 11) is 2.17. The lowest BCUT2D eigenvalue weighted by molar-refractivity contribution is 0.112. The van der Waals surface area contributed by atoms with Crippen LogP contribution in [0.1, 0.15) is 16.8 Å². The van der Waals surface area contributed by atoms with Crippen molar-refractivity contribution in [3.8, 4) is 5.75 Å². The van der Waals surface area contributed by atoms with Gasteiger partial charge >= 0.3 is 0 Å². The standard InChI is InChI=1S/C15H22N2O2.ClH/c1-16-8-10-17(11-9-16)7-2-12-19-15-5-3-14(13-18)4-6-15;/h3-6,13H,2,7-12H2,1H3;1H. The van der Waals surface area contributed by atoms with Gasteiger partial charge in [0.05, 0.1) is 6.61 Å². The Labute approximate surface area is 127 Å². The quantitative estimate of drug-likeness (QED) is 0.593. The molecule has 0 bridgehead atoms. The SMILES string of the molecule is CN1CCN(CCCOc2ccc(C=O)cc2)CC1.Cl. The Balaban J connectivity index is 0.00000200. The van der Waals surface area contributed by atoms with E-state index in [1.807, 2.05) is 12.1 Å². The number of ether oxygens (including phenoxy) is 1. The normalized spacial score (nSPS) is 16.4. The molecule has 1 aliphatic rings. The van der Waals surface area contributed by atoms with Crippen LogP contribution in [-0.2, 0) is 0 Å². The van der Waals surface area contributed by atoms with Crippen LogP contribution in [0, 0.1) is 0 Å². The Morgan fingerprint density at radius 1 is 1.15 bits per heavy atom. The summed E-state index contributed by atoms with van der Waals surface area (Å²) in [5.74, 6) is 0.837. The first kappa shape index (κ1) is 17.0. The lowest BCUT2D eigenvalue weighted by atomic mass is 10.2. The number of carbonyl (C=O) groups excluding carboxylic acids is 1. The Kier molecular flexibility index (Phi) is 7.59. The zero-order valence-electron chi connectivity index (χ0n) is 12.0. The molecule has 20 heavy (non-hydrogen) atoms. The molecule has 1 heterocycles. The number of halogens is 1. The smallest absolute Gasteiger partial charge is 0.150 e. The molecular weight excluding hydrogens is 276 g/mol. The van der Waals surface area contributed by atoms with E-state index in [9.17, 15) is 4.79 Å².